The molecule has 1 aliphatic rings. The number of hydrogen-bond donors (Lipinski definition) is 2. The number of benzene rings is 1. The first-order chi connectivity index (χ1) is 11.6. The van der Waals surface area contributed by atoms with Gasteiger partial charge in [-0.2, -0.15) is 11.8 Å². The van der Waals surface area contributed by atoms with Gasteiger partial charge in [0, 0.05) is 36.8 Å². The van der Waals surface area contributed by atoms with Gasteiger partial charge in [0.1, 0.15) is 0 Å². The van der Waals surface area contributed by atoms with Crippen LogP contribution in [0.5, 0.6) is 0 Å². The number of carbonyl (C=O) groups is 1. The second-order valence-electron chi connectivity index (χ2n) is 6.20. The van der Waals surface area contributed by atoms with E-state index in [1.54, 1.807) is 18.1 Å². The van der Waals surface area contributed by atoms with Crippen LogP contribution in [0.3, 0.4) is 0 Å². The number of fused-ring (bicyclic) bond motifs is 1. The van der Waals surface area contributed by atoms with Crippen molar-refractivity contribution in [3.8, 4) is 0 Å². The van der Waals surface area contributed by atoms with E-state index in [1.807, 2.05) is 18.9 Å². The molecule has 1 heterocycles. The molecule has 0 bridgehead atoms. The summed E-state index contributed by atoms with van der Waals surface area (Å²) in [6.45, 7) is 2.70. The summed E-state index contributed by atoms with van der Waals surface area (Å²) in [6, 6.07) is 8.74. The maximum Gasteiger partial charge on any atom is 0.317 e. The molecule has 0 saturated heterocycles. The molecule has 1 aliphatic carbocycles. The first-order valence-electron chi connectivity index (χ1n) is 8.29. The molecule has 0 fully saturated rings. The van der Waals surface area contributed by atoms with Crippen LogP contribution in [-0.4, -0.2) is 46.3 Å². The zero-order chi connectivity index (χ0) is 16.9. The first-order valence-corrected chi connectivity index (χ1v) is 9.44. The Morgan fingerprint density at radius 3 is 2.71 bits per heavy atom. The third kappa shape index (κ3) is 3.93. The Labute approximate surface area is 147 Å². The fraction of sp³-hybridized carbons (Fsp3) is 0.444. The first kappa shape index (κ1) is 16.9. The Balaban J connectivity index is 1.37. The highest BCUT2D eigenvalue weighted by molar-refractivity contribution is 7.98. The minimum atomic E-state index is 0.0179. The van der Waals surface area contributed by atoms with Crippen molar-refractivity contribution >= 4 is 17.8 Å². The molecule has 2 amide bonds. The van der Waals surface area contributed by atoms with Gasteiger partial charge in [0.05, 0.1) is 12.0 Å². The van der Waals surface area contributed by atoms with E-state index in [0.29, 0.717) is 6.54 Å². The number of hydrogen-bond acceptors (Lipinski definition) is 3. The predicted molar refractivity (Wildman–Crippen MR) is 98.3 cm³/mol. The number of aryl methyl sites for hydroxylation is 1. The fourth-order valence-corrected chi connectivity index (χ4v) is 3.91. The van der Waals surface area contributed by atoms with Crippen molar-refractivity contribution in [2.45, 2.75) is 31.6 Å². The van der Waals surface area contributed by atoms with Crippen molar-refractivity contribution in [1.82, 2.24) is 20.2 Å². The lowest BCUT2D eigenvalue weighted by molar-refractivity contribution is 0.192. The summed E-state index contributed by atoms with van der Waals surface area (Å²) in [5.74, 6) is 1.76. The van der Waals surface area contributed by atoms with Gasteiger partial charge in [-0.3, -0.25) is 0 Å². The number of nitrogens with one attached hydrogen (secondary N) is 2. The van der Waals surface area contributed by atoms with Crippen LogP contribution in [0.1, 0.15) is 22.5 Å². The van der Waals surface area contributed by atoms with Gasteiger partial charge in [-0.15, -0.1) is 0 Å². The Bertz CT molecular complexity index is 675. The Kier molecular flexibility index (Phi) is 5.45. The number of H-pyrrole nitrogens is 1. The average molecular weight is 344 g/mol. The quantitative estimate of drug-likeness (QED) is 0.792. The SMILES string of the molecule is Cc1[nH]cnc1CSCCNC(=O)N(C)C1Cc2ccccc2C1. The molecule has 0 saturated carbocycles. The van der Waals surface area contributed by atoms with E-state index < -0.39 is 0 Å². The van der Waals surface area contributed by atoms with Gasteiger partial charge in [-0.05, 0) is 30.9 Å². The molecule has 1 aromatic carbocycles. The third-order valence-corrected chi connectivity index (χ3v) is 5.56. The molecule has 2 N–H and O–H groups in total. The molecular formula is C18H24N4OS. The van der Waals surface area contributed by atoms with Crippen LogP contribution >= 0.6 is 11.8 Å². The highest BCUT2D eigenvalue weighted by atomic mass is 32.2. The van der Waals surface area contributed by atoms with E-state index in [0.717, 1.165) is 35.7 Å². The highest BCUT2D eigenvalue weighted by Gasteiger charge is 2.26. The molecule has 24 heavy (non-hydrogen) atoms. The van der Waals surface area contributed by atoms with Crippen LogP contribution in [0.4, 0.5) is 4.79 Å². The Morgan fingerprint density at radius 1 is 1.38 bits per heavy atom. The fourth-order valence-electron chi connectivity index (χ4n) is 3.03. The van der Waals surface area contributed by atoms with Crippen LogP contribution in [-0.2, 0) is 18.6 Å². The second-order valence-corrected chi connectivity index (χ2v) is 7.31. The Hall–Kier alpha value is -1.95. The lowest BCUT2D eigenvalue weighted by Crippen LogP contribution is -2.44. The number of aromatic nitrogens is 2. The predicted octanol–water partition coefficient (Wildman–Crippen LogP) is 2.76. The standard InChI is InChI=1S/C18H24N4OS/c1-13-17(21-12-20-13)11-24-8-7-19-18(23)22(2)16-9-14-5-3-4-6-15(14)10-16/h3-6,12,16H,7-11H2,1-2H3,(H,19,23)(H,20,21). The summed E-state index contributed by atoms with van der Waals surface area (Å²) in [5.41, 5.74) is 4.94. The van der Waals surface area contributed by atoms with Gasteiger partial charge >= 0.3 is 6.03 Å². The molecule has 3 rings (SSSR count). The van der Waals surface area contributed by atoms with Gasteiger partial charge in [0.15, 0.2) is 0 Å². The minimum Gasteiger partial charge on any atom is -0.348 e. The molecule has 6 heteroatoms. The van der Waals surface area contributed by atoms with E-state index in [9.17, 15) is 4.79 Å². The third-order valence-electron chi connectivity index (χ3n) is 4.59. The number of carbonyl (C=O) groups excluding carboxylic acids is 1. The maximum atomic E-state index is 12.3. The number of nitrogens with zero attached hydrogens (tertiary/aromatic N) is 2. The van der Waals surface area contributed by atoms with Crippen molar-refractivity contribution in [3.05, 3.63) is 53.1 Å². The highest BCUT2D eigenvalue weighted by Crippen LogP contribution is 2.24. The van der Waals surface area contributed by atoms with E-state index >= 15 is 0 Å². The van der Waals surface area contributed by atoms with Crippen LogP contribution in [0.15, 0.2) is 30.6 Å². The topological polar surface area (TPSA) is 61.0 Å². The molecule has 5 nitrogen and oxygen atoms in total. The van der Waals surface area contributed by atoms with E-state index in [1.165, 1.54) is 11.1 Å². The number of amides is 2. The molecule has 1 aromatic heterocycles. The van der Waals surface area contributed by atoms with Crippen LogP contribution in [0.25, 0.3) is 0 Å². The summed E-state index contributed by atoms with van der Waals surface area (Å²) >= 11 is 1.79. The molecule has 0 aliphatic heterocycles. The number of imidazole rings is 1. The van der Waals surface area contributed by atoms with Gasteiger partial charge in [0.25, 0.3) is 0 Å². The zero-order valence-electron chi connectivity index (χ0n) is 14.2. The van der Waals surface area contributed by atoms with Crippen molar-refractivity contribution in [3.63, 3.8) is 0 Å². The molecule has 0 radical (unpaired) electrons. The monoisotopic (exact) mass is 344 g/mol. The van der Waals surface area contributed by atoms with Crippen LogP contribution < -0.4 is 5.32 Å². The van der Waals surface area contributed by atoms with E-state index in [2.05, 4.69) is 39.6 Å². The molecular weight excluding hydrogens is 320 g/mol. The van der Waals surface area contributed by atoms with E-state index in [4.69, 9.17) is 0 Å². The van der Waals surface area contributed by atoms with Crippen LogP contribution in [0, 0.1) is 6.92 Å². The minimum absolute atomic E-state index is 0.0179. The number of aromatic amines is 1. The van der Waals surface area contributed by atoms with Crippen molar-refractivity contribution < 1.29 is 4.79 Å². The number of thioether (sulfide) groups is 1. The molecule has 0 spiro atoms. The molecule has 0 unspecified atom stereocenters. The molecule has 0 atom stereocenters. The van der Waals surface area contributed by atoms with Gasteiger partial charge < -0.3 is 15.2 Å². The van der Waals surface area contributed by atoms with Crippen LogP contribution in [0.2, 0.25) is 0 Å². The molecule has 2 aromatic rings. The number of urea groups is 1. The average Bonchev–Trinajstić information content (AvgIpc) is 3.19. The lowest BCUT2D eigenvalue weighted by Gasteiger charge is -2.24. The largest absolute Gasteiger partial charge is 0.348 e. The summed E-state index contributed by atoms with van der Waals surface area (Å²) < 4.78 is 0. The molecule has 128 valence electrons. The van der Waals surface area contributed by atoms with Gasteiger partial charge in [-0.1, -0.05) is 24.3 Å². The normalized spacial score (nSPS) is 13.8. The Morgan fingerprint density at radius 2 is 2.08 bits per heavy atom. The number of rotatable bonds is 6. The summed E-state index contributed by atoms with van der Waals surface area (Å²) in [5, 5.41) is 3.02. The summed E-state index contributed by atoms with van der Waals surface area (Å²) in [4.78, 5) is 21.5. The van der Waals surface area contributed by atoms with Crippen molar-refractivity contribution in [2.24, 2.45) is 0 Å². The summed E-state index contributed by atoms with van der Waals surface area (Å²) in [6.07, 6.45) is 3.63. The van der Waals surface area contributed by atoms with Crippen molar-refractivity contribution in [1.29, 1.82) is 0 Å². The number of likely N-dealkylation sites (N-methyl/N-ethyl adjacent to an activating group) is 1. The smallest absolute Gasteiger partial charge is 0.317 e. The lowest BCUT2D eigenvalue weighted by atomic mass is 10.1. The van der Waals surface area contributed by atoms with Crippen molar-refractivity contribution in [2.75, 3.05) is 19.3 Å². The van der Waals surface area contributed by atoms with Gasteiger partial charge in [-0.25, -0.2) is 9.78 Å². The summed E-state index contributed by atoms with van der Waals surface area (Å²) in [7, 11) is 1.89. The second kappa shape index (κ2) is 7.75. The zero-order valence-corrected chi connectivity index (χ0v) is 15.0. The maximum absolute atomic E-state index is 12.3. The van der Waals surface area contributed by atoms with E-state index in [-0.39, 0.29) is 12.1 Å². The van der Waals surface area contributed by atoms with Gasteiger partial charge in [0.2, 0.25) is 0 Å².